The molecule has 21 heavy (non-hydrogen) atoms. The summed E-state index contributed by atoms with van der Waals surface area (Å²) in [5, 5.41) is 16.0. The molecule has 1 heterocycles. The highest BCUT2D eigenvalue weighted by Gasteiger charge is 2.22. The molecule has 0 spiro atoms. The Kier molecular flexibility index (Phi) is 3.56. The second-order valence-electron chi connectivity index (χ2n) is 6.30. The van der Waals surface area contributed by atoms with Gasteiger partial charge in [0, 0.05) is 10.8 Å². The molecule has 0 aliphatic heterocycles. The van der Waals surface area contributed by atoms with Gasteiger partial charge < -0.3 is 5.11 Å². The molecule has 2 aromatic carbocycles. The molecule has 0 saturated heterocycles. The molecule has 2 nitrogen and oxygen atoms in total. The fourth-order valence-electron chi connectivity index (χ4n) is 2.40. The highest BCUT2D eigenvalue weighted by atomic mass is 32.1. The van der Waals surface area contributed by atoms with Gasteiger partial charge in [0.1, 0.15) is 6.10 Å². The fraction of sp³-hybridized carbons (Fsp3) is 0.278. The number of aliphatic hydroxyl groups is 1. The van der Waals surface area contributed by atoms with Crippen LogP contribution >= 0.6 is 11.3 Å². The number of aliphatic hydroxyl groups excluding tert-OH is 1. The van der Waals surface area contributed by atoms with Gasteiger partial charge in [-0.15, -0.1) is 11.3 Å². The molecule has 0 fully saturated rings. The Morgan fingerprint density at radius 2 is 1.76 bits per heavy atom. The van der Waals surface area contributed by atoms with E-state index in [4.69, 9.17) is 0 Å². The number of hydrogen-bond donors (Lipinski definition) is 1. The number of nitrogens with zero attached hydrogens (tertiary/aromatic N) is 1. The van der Waals surface area contributed by atoms with Gasteiger partial charge in [-0.25, -0.2) is 4.98 Å². The molecule has 3 heteroatoms. The normalized spacial score (nSPS) is 13.5. The largest absolute Gasteiger partial charge is 0.382 e. The van der Waals surface area contributed by atoms with Gasteiger partial charge in [0.25, 0.3) is 0 Å². The highest BCUT2D eigenvalue weighted by Crippen LogP contribution is 2.32. The summed E-state index contributed by atoms with van der Waals surface area (Å²) < 4.78 is 0. The smallest absolute Gasteiger partial charge is 0.122 e. The summed E-state index contributed by atoms with van der Waals surface area (Å²) in [6.07, 6.45) is -0.677. The summed E-state index contributed by atoms with van der Waals surface area (Å²) in [6.45, 7) is 6.42. The lowest BCUT2D eigenvalue weighted by atomic mass is 9.97. The zero-order valence-corrected chi connectivity index (χ0v) is 13.3. The van der Waals surface area contributed by atoms with Crippen molar-refractivity contribution in [2.45, 2.75) is 32.3 Å². The van der Waals surface area contributed by atoms with E-state index in [1.165, 1.54) is 0 Å². The zero-order valence-electron chi connectivity index (χ0n) is 12.5. The first-order chi connectivity index (χ1) is 9.97. The predicted octanol–water partition coefficient (Wildman–Crippen LogP) is 4.68. The maximum atomic E-state index is 10.7. The van der Waals surface area contributed by atoms with E-state index in [2.05, 4.69) is 37.9 Å². The van der Waals surface area contributed by atoms with Gasteiger partial charge in [-0.05, 0) is 16.3 Å². The molecule has 1 N–H and O–H groups in total. The number of rotatable bonds is 2. The van der Waals surface area contributed by atoms with Crippen LogP contribution in [0, 0.1) is 0 Å². The van der Waals surface area contributed by atoms with Gasteiger partial charge in [-0.2, -0.15) is 0 Å². The van der Waals surface area contributed by atoms with Gasteiger partial charge in [0.15, 0.2) is 0 Å². The highest BCUT2D eigenvalue weighted by molar-refractivity contribution is 7.09. The molecule has 3 rings (SSSR count). The molecule has 0 radical (unpaired) electrons. The maximum Gasteiger partial charge on any atom is 0.122 e. The van der Waals surface area contributed by atoms with Crippen molar-refractivity contribution in [2.75, 3.05) is 0 Å². The third-order valence-corrected chi connectivity index (χ3v) is 4.85. The predicted molar refractivity (Wildman–Crippen MR) is 88.8 cm³/mol. The minimum atomic E-state index is -0.677. The van der Waals surface area contributed by atoms with E-state index in [1.807, 2.05) is 35.7 Å². The van der Waals surface area contributed by atoms with Gasteiger partial charge >= 0.3 is 0 Å². The summed E-state index contributed by atoms with van der Waals surface area (Å²) in [6, 6.07) is 14.1. The standard InChI is InChI=1S/C18H19NOS/c1-18(2,3)17-19-15(11-21-17)16(20)14-10-6-8-12-7-4-5-9-13(12)14/h4-11,16,20H,1-3H3. The Bertz CT molecular complexity index is 765. The number of benzene rings is 2. The number of fused-ring (bicyclic) bond motifs is 1. The Balaban J connectivity index is 2.05. The van der Waals surface area contributed by atoms with E-state index in [-0.39, 0.29) is 5.41 Å². The van der Waals surface area contributed by atoms with Crippen molar-refractivity contribution in [3.05, 3.63) is 64.1 Å². The van der Waals surface area contributed by atoms with Gasteiger partial charge in [0.2, 0.25) is 0 Å². The Labute approximate surface area is 129 Å². The third-order valence-electron chi connectivity index (χ3n) is 3.56. The Morgan fingerprint density at radius 3 is 2.48 bits per heavy atom. The van der Waals surface area contributed by atoms with Crippen LogP contribution < -0.4 is 0 Å². The summed E-state index contributed by atoms with van der Waals surface area (Å²) in [7, 11) is 0. The van der Waals surface area contributed by atoms with Crippen LogP contribution in [0.5, 0.6) is 0 Å². The first kappa shape index (κ1) is 14.2. The second-order valence-corrected chi connectivity index (χ2v) is 7.16. The number of thiazole rings is 1. The lowest BCUT2D eigenvalue weighted by Gasteiger charge is -2.15. The van der Waals surface area contributed by atoms with Crippen LogP contribution in [-0.2, 0) is 5.41 Å². The van der Waals surface area contributed by atoms with Crippen LogP contribution in [0.25, 0.3) is 10.8 Å². The van der Waals surface area contributed by atoms with Crippen molar-refractivity contribution < 1.29 is 5.11 Å². The molecular formula is C18H19NOS. The van der Waals surface area contributed by atoms with Crippen molar-refractivity contribution in [3.8, 4) is 0 Å². The van der Waals surface area contributed by atoms with Crippen molar-refractivity contribution in [3.63, 3.8) is 0 Å². The molecule has 0 amide bonds. The van der Waals surface area contributed by atoms with E-state index in [1.54, 1.807) is 11.3 Å². The second kappa shape index (κ2) is 5.24. The molecule has 1 atom stereocenters. The number of hydrogen-bond acceptors (Lipinski definition) is 3. The molecular weight excluding hydrogens is 278 g/mol. The first-order valence-electron chi connectivity index (χ1n) is 7.08. The van der Waals surface area contributed by atoms with Crippen molar-refractivity contribution >= 4 is 22.1 Å². The molecule has 0 bridgehead atoms. The van der Waals surface area contributed by atoms with Crippen LogP contribution in [0.1, 0.15) is 43.1 Å². The minimum Gasteiger partial charge on any atom is -0.382 e. The molecule has 0 aliphatic rings. The molecule has 1 unspecified atom stereocenters. The molecule has 3 aromatic rings. The third kappa shape index (κ3) is 2.71. The van der Waals surface area contributed by atoms with Gasteiger partial charge in [0.05, 0.1) is 10.7 Å². The van der Waals surface area contributed by atoms with Gasteiger partial charge in [-0.1, -0.05) is 63.2 Å². The lowest BCUT2D eigenvalue weighted by Crippen LogP contribution is -2.11. The minimum absolute atomic E-state index is 0.0153. The summed E-state index contributed by atoms with van der Waals surface area (Å²) in [5.74, 6) is 0. The SMILES string of the molecule is CC(C)(C)c1nc(C(O)c2cccc3ccccc23)cs1. The molecule has 108 valence electrons. The van der Waals surface area contributed by atoms with E-state index >= 15 is 0 Å². The van der Waals surface area contributed by atoms with Crippen LogP contribution in [0.4, 0.5) is 0 Å². The van der Waals surface area contributed by atoms with Crippen LogP contribution in [0.3, 0.4) is 0 Å². The topological polar surface area (TPSA) is 33.1 Å². The van der Waals surface area contributed by atoms with Crippen molar-refractivity contribution in [2.24, 2.45) is 0 Å². The van der Waals surface area contributed by atoms with Crippen LogP contribution in [0.15, 0.2) is 47.8 Å². The fourth-order valence-corrected chi connectivity index (χ4v) is 3.33. The Hall–Kier alpha value is -1.71. The Morgan fingerprint density at radius 1 is 1.05 bits per heavy atom. The monoisotopic (exact) mass is 297 g/mol. The van der Waals surface area contributed by atoms with Crippen LogP contribution in [0.2, 0.25) is 0 Å². The van der Waals surface area contributed by atoms with E-state index < -0.39 is 6.10 Å². The maximum absolute atomic E-state index is 10.7. The number of aromatic nitrogens is 1. The summed E-state index contributed by atoms with van der Waals surface area (Å²) >= 11 is 1.61. The van der Waals surface area contributed by atoms with Crippen LogP contribution in [-0.4, -0.2) is 10.1 Å². The summed E-state index contributed by atoms with van der Waals surface area (Å²) in [5.41, 5.74) is 1.67. The van der Waals surface area contributed by atoms with E-state index in [9.17, 15) is 5.11 Å². The van der Waals surface area contributed by atoms with Gasteiger partial charge in [-0.3, -0.25) is 0 Å². The quantitative estimate of drug-likeness (QED) is 0.745. The molecule has 1 aromatic heterocycles. The molecule has 0 saturated carbocycles. The average Bonchev–Trinajstić information content (AvgIpc) is 2.96. The average molecular weight is 297 g/mol. The first-order valence-corrected chi connectivity index (χ1v) is 7.96. The lowest BCUT2D eigenvalue weighted by molar-refractivity contribution is 0.217. The summed E-state index contributed by atoms with van der Waals surface area (Å²) in [4.78, 5) is 4.63. The van der Waals surface area contributed by atoms with Crippen molar-refractivity contribution in [1.29, 1.82) is 0 Å². The van der Waals surface area contributed by atoms with Crippen molar-refractivity contribution in [1.82, 2.24) is 4.98 Å². The van der Waals surface area contributed by atoms with E-state index in [0.29, 0.717) is 0 Å². The molecule has 0 aliphatic carbocycles. The van der Waals surface area contributed by atoms with E-state index in [0.717, 1.165) is 27.0 Å². The zero-order chi connectivity index (χ0) is 15.0.